The number of carbonyl (C=O) groups excluding carboxylic acids is 3. The molecule has 11 heteroatoms. The molecule has 2 aromatic carbocycles. The molecule has 2 N–H and O–H groups in total. The summed E-state index contributed by atoms with van der Waals surface area (Å²) in [4.78, 5) is 36.4. The van der Waals surface area contributed by atoms with Gasteiger partial charge in [0.1, 0.15) is 11.9 Å². The fraction of sp³-hybridized carbons (Fsp3) is 0.318. The molecule has 0 saturated carbocycles. The molecule has 0 radical (unpaired) electrons. The van der Waals surface area contributed by atoms with E-state index in [1.54, 1.807) is 49.4 Å². The van der Waals surface area contributed by atoms with Crippen LogP contribution in [0.1, 0.15) is 35.4 Å². The first-order valence-corrected chi connectivity index (χ1v) is 12.1. The molecule has 2 amide bonds. The molecule has 0 aliphatic carbocycles. The highest BCUT2D eigenvalue weighted by Gasteiger charge is 2.32. The van der Waals surface area contributed by atoms with Crippen molar-refractivity contribution in [3.63, 3.8) is 0 Å². The lowest BCUT2D eigenvalue weighted by Crippen LogP contribution is -2.36. The number of benzene rings is 2. The van der Waals surface area contributed by atoms with Crippen molar-refractivity contribution in [1.82, 2.24) is 5.32 Å². The molecule has 0 heterocycles. The number of imide groups is 1. The lowest BCUT2D eigenvalue weighted by Gasteiger charge is -2.28. The summed E-state index contributed by atoms with van der Waals surface area (Å²) in [6.45, 7) is 1.98. The van der Waals surface area contributed by atoms with Crippen molar-refractivity contribution in [1.29, 1.82) is 0 Å². The normalized spacial score (nSPS) is 12.5. The molecule has 0 unspecified atom stereocenters. The van der Waals surface area contributed by atoms with E-state index in [1.807, 2.05) is 0 Å². The monoisotopic (exact) mass is 603 g/mol. The van der Waals surface area contributed by atoms with E-state index in [4.69, 9.17) is 14.2 Å². The maximum Gasteiger partial charge on any atom is 0.414 e. The number of ether oxygens (including phenoxy) is 3. The van der Waals surface area contributed by atoms with Gasteiger partial charge in [-0.1, -0.05) is 34.1 Å². The quantitative estimate of drug-likeness (QED) is 0.264. The molecular weight excluding hydrogens is 582 g/mol. The molecule has 0 aromatic heterocycles. The summed E-state index contributed by atoms with van der Waals surface area (Å²) in [6, 6.07) is 11.4. The number of amides is 2. The van der Waals surface area contributed by atoms with Gasteiger partial charge in [-0.3, -0.25) is 14.9 Å². The topological polar surface area (TPSA) is 111 Å². The molecule has 0 bridgehead atoms. The average Bonchev–Trinajstić information content (AvgIpc) is 2.79. The second kappa shape index (κ2) is 13.6. The van der Waals surface area contributed by atoms with Crippen molar-refractivity contribution in [2.24, 2.45) is 0 Å². The number of alkyl carbamates (subject to hydrolysis) is 1. The van der Waals surface area contributed by atoms with E-state index in [-0.39, 0.29) is 42.3 Å². The molecule has 2 rings (SSSR count). The molecule has 0 aliphatic heterocycles. The lowest BCUT2D eigenvalue weighted by molar-refractivity contribution is -0.142. The zero-order chi connectivity index (χ0) is 24.4. The summed E-state index contributed by atoms with van der Waals surface area (Å²) in [6.07, 6.45) is -2.80. The molecule has 0 spiro atoms. The van der Waals surface area contributed by atoms with Gasteiger partial charge in [-0.2, -0.15) is 12.6 Å². The second-order valence-corrected chi connectivity index (χ2v) is 8.72. The van der Waals surface area contributed by atoms with Gasteiger partial charge in [0.2, 0.25) is 0 Å². The molecule has 0 aliphatic rings. The predicted octanol–water partition coefficient (Wildman–Crippen LogP) is 4.79. The third-order valence-corrected chi connectivity index (χ3v) is 5.68. The fourth-order valence-corrected chi connectivity index (χ4v) is 4.26. The number of rotatable bonds is 10. The smallest absolute Gasteiger partial charge is 0.414 e. The van der Waals surface area contributed by atoms with Crippen LogP contribution in [0.4, 0.5) is 4.79 Å². The van der Waals surface area contributed by atoms with Crippen LogP contribution in [0.25, 0.3) is 0 Å². The number of phenols is 1. The third kappa shape index (κ3) is 8.33. The van der Waals surface area contributed by atoms with Crippen LogP contribution >= 0.6 is 44.5 Å². The van der Waals surface area contributed by atoms with Crippen molar-refractivity contribution >= 4 is 62.5 Å². The number of carbonyl (C=O) groups is 3. The van der Waals surface area contributed by atoms with Crippen LogP contribution in [0, 0.1) is 0 Å². The predicted molar refractivity (Wildman–Crippen MR) is 131 cm³/mol. The van der Waals surface area contributed by atoms with Crippen LogP contribution in [0.15, 0.2) is 51.4 Å². The Bertz CT molecular complexity index is 975. The fourth-order valence-electron chi connectivity index (χ4n) is 2.91. The number of aromatic hydroxyl groups is 1. The maximum absolute atomic E-state index is 12.6. The van der Waals surface area contributed by atoms with Gasteiger partial charge in [0.15, 0.2) is 6.10 Å². The Morgan fingerprint density at radius 2 is 1.85 bits per heavy atom. The van der Waals surface area contributed by atoms with Gasteiger partial charge in [-0.05, 0) is 47.1 Å². The summed E-state index contributed by atoms with van der Waals surface area (Å²) in [5, 5.41) is 12.8. The number of nitrogens with one attached hydrogen (secondary N) is 1. The highest BCUT2D eigenvalue weighted by molar-refractivity contribution is 9.11. The summed E-state index contributed by atoms with van der Waals surface area (Å²) >= 11 is 10.5. The number of hydrogen-bond acceptors (Lipinski definition) is 8. The van der Waals surface area contributed by atoms with Crippen LogP contribution in [-0.2, 0) is 19.0 Å². The first-order chi connectivity index (χ1) is 15.8. The Kier molecular flexibility index (Phi) is 11.2. The summed E-state index contributed by atoms with van der Waals surface area (Å²) in [5.74, 6) is -1.40. The number of halogens is 2. The lowest BCUT2D eigenvalue weighted by atomic mass is 10.0. The van der Waals surface area contributed by atoms with Crippen molar-refractivity contribution in [3.05, 3.63) is 62.5 Å². The minimum Gasteiger partial charge on any atom is -0.506 e. The Labute approximate surface area is 213 Å². The Balaban J connectivity index is 2.30. The van der Waals surface area contributed by atoms with E-state index in [1.165, 1.54) is 0 Å². The third-order valence-electron chi connectivity index (χ3n) is 4.36. The molecule has 33 heavy (non-hydrogen) atoms. The van der Waals surface area contributed by atoms with E-state index in [0.717, 1.165) is 0 Å². The van der Waals surface area contributed by atoms with Crippen molar-refractivity contribution in [2.45, 2.75) is 25.6 Å². The van der Waals surface area contributed by atoms with Gasteiger partial charge >= 0.3 is 12.1 Å². The summed E-state index contributed by atoms with van der Waals surface area (Å²) in [7, 11) is 0. The van der Waals surface area contributed by atoms with E-state index in [9.17, 15) is 19.5 Å². The van der Waals surface area contributed by atoms with Crippen molar-refractivity contribution in [3.8, 4) is 5.75 Å². The first kappa shape index (κ1) is 27.2. The molecule has 0 fully saturated rings. The highest BCUT2D eigenvalue weighted by atomic mass is 79.9. The average molecular weight is 605 g/mol. The van der Waals surface area contributed by atoms with Crippen LogP contribution < -0.4 is 5.32 Å². The van der Waals surface area contributed by atoms with E-state index >= 15 is 0 Å². The van der Waals surface area contributed by atoms with Crippen LogP contribution in [0.3, 0.4) is 0 Å². The molecule has 0 saturated heterocycles. The molecule has 2 aromatic rings. The maximum atomic E-state index is 12.6. The van der Waals surface area contributed by atoms with Crippen molar-refractivity contribution in [2.75, 3.05) is 19.0 Å². The Morgan fingerprint density at radius 1 is 1.15 bits per heavy atom. The van der Waals surface area contributed by atoms with Gasteiger partial charge in [-0.15, -0.1) is 0 Å². The van der Waals surface area contributed by atoms with E-state index in [2.05, 4.69) is 49.8 Å². The minimum absolute atomic E-state index is 0.0234. The van der Waals surface area contributed by atoms with Gasteiger partial charge < -0.3 is 19.3 Å². The number of esters is 1. The SMILES string of the molecule is CCO[C@H](CCOC(=O)CS)[C@H](OC(=O)NC(=O)c1ccccc1)c1cc(Br)cc(Br)c1O. The Hall–Kier alpha value is -2.08. The molecule has 8 nitrogen and oxygen atoms in total. The number of phenolic OH excluding ortho intramolecular Hbond substituents is 1. The van der Waals surface area contributed by atoms with Crippen molar-refractivity contribution < 1.29 is 33.7 Å². The van der Waals surface area contributed by atoms with Gasteiger partial charge in [0.25, 0.3) is 5.91 Å². The standard InChI is InChI=1S/C22H23Br2NO7S/c1-2-30-17(8-9-31-18(26)12-33)20(15-10-14(23)11-16(24)19(15)27)32-22(29)25-21(28)13-6-4-3-5-7-13/h3-7,10-11,17,20,27,33H,2,8-9,12H2,1H3,(H,25,28,29)/t17-,20-/m1/s1. The largest absolute Gasteiger partial charge is 0.506 e. The van der Waals surface area contributed by atoms with Gasteiger partial charge in [0, 0.05) is 28.6 Å². The zero-order valence-electron chi connectivity index (χ0n) is 17.6. The van der Waals surface area contributed by atoms with E-state index in [0.29, 0.717) is 8.95 Å². The molecule has 178 valence electrons. The summed E-state index contributed by atoms with van der Waals surface area (Å²) < 4.78 is 17.4. The summed E-state index contributed by atoms with van der Waals surface area (Å²) in [5.41, 5.74) is 0.511. The second-order valence-electron chi connectivity index (χ2n) is 6.63. The highest BCUT2D eigenvalue weighted by Crippen LogP contribution is 2.39. The van der Waals surface area contributed by atoms with Gasteiger partial charge in [0.05, 0.1) is 16.8 Å². The van der Waals surface area contributed by atoms with Crippen LogP contribution in [-0.4, -0.2) is 48.1 Å². The van der Waals surface area contributed by atoms with Gasteiger partial charge in [-0.25, -0.2) is 4.79 Å². The van der Waals surface area contributed by atoms with Crippen LogP contribution in [0.2, 0.25) is 0 Å². The number of hydrogen-bond donors (Lipinski definition) is 3. The number of thiol groups is 1. The van der Waals surface area contributed by atoms with E-state index < -0.39 is 30.2 Å². The molecule has 2 atom stereocenters. The molecular formula is C22H23Br2NO7S. The Morgan fingerprint density at radius 3 is 2.48 bits per heavy atom. The first-order valence-electron chi connectivity index (χ1n) is 9.89. The van der Waals surface area contributed by atoms with Crippen LogP contribution in [0.5, 0.6) is 5.75 Å². The zero-order valence-corrected chi connectivity index (χ0v) is 21.7. The minimum atomic E-state index is -1.13.